The van der Waals surface area contributed by atoms with E-state index in [1.54, 1.807) is 7.11 Å². The number of nitrogens with zero attached hydrogens (tertiary/aromatic N) is 2. The normalized spacial score (nSPS) is 14.3. The van der Waals surface area contributed by atoms with Crippen LogP contribution in [-0.4, -0.2) is 22.5 Å². The van der Waals surface area contributed by atoms with E-state index in [-0.39, 0.29) is 0 Å². The summed E-state index contributed by atoms with van der Waals surface area (Å²) in [6.07, 6.45) is 3.16. The van der Waals surface area contributed by atoms with Crippen molar-refractivity contribution >= 4 is 22.6 Å². The molecule has 2 aromatic rings. The number of rotatable bonds is 7. The molecule has 0 spiro atoms. The van der Waals surface area contributed by atoms with Gasteiger partial charge in [0.25, 0.3) is 0 Å². The smallest absolute Gasteiger partial charge is 0.121 e. The topological polar surface area (TPSA) is 27.1 Å². The standard InChI is InChI=1S/C17H25ClN2O/c1-5-12(2)10-13(3)20-16-7-6-14(21-4)11-15(16)19-17(20)8-9-18/h6-7,11-13H,5,8-10H2,1-4H3. The molecular formula is C17H25ClN2O. The van der Waals surface area contributed by atoms with E-state index in [1.165, 1.54) is 11.9 Å². The van der Waals surface area contributed by atoms with Crippen LogP contribution in [0.3, 0.4) is 0 Å². The molecule has 116 valence electrons. The highest BCUT2D eigenvalue weighted by Gasteiger charge is 2.17. The number of aryl methyl sites for hydroxylation is 1. The molecule has 0 aliphatic heterocycles. The third kappa shape index (κ3) is 3.52. The van der Waals surface area contributed by atoms with Gasteiger partial charge in [-0.3, -0.25) is 0 Å². The maximum Gasteiger partial charge on any atom is 0.121 e. The largest absolute Gasteiger partial charge is 0.497 e. The molecule has 21 heavy (non-hydrogen) atoms. The molecule has 0 amide bonds. The lowest BCUT2D eigenvalue weighted by Crippen LogP contribution is -2.13. The number of methoxy groups -OCH3 is 1. The minimum absolute atomic E-state index is 0.427. The molecule has 4 heteroatoms. The lowest BCUT2D eigenvalue weighted by Gasteiger charge is -2.20. The Morgan fingerprint density at radius 1 is 1.33 bits per heavy atom. The third-order valence-electron chi connectivity index (χ3n) is 4.17. The van der Waals surface area contributed by atoms with E-state index in [2.05, 4.69) is 31.4 Å². The maximum atomic E-state index is 5.95. The van der Waals surface area contributed by atoms with Crippen molar-refractivity contribution in [2.45, 2.75) is 46.1 Å². The van der Waals surface area contributed by atoms with Crippen LogP contribution in [0, 0.1) is 5.92 Å². The van der Waals surface area contributed by atoms with Crippen molar-refractivity contribution in [3.8, 4) is 5.75 Å². The predicted octanol–water partition coefficient (Wildman–Crippen LogP) is 4.82. The molecule has 0 saturated carbocycles. The summed E-state index contributed by atoms with van der Waals surface area (Å²) in [5.41, 5.74) is 2.16. The number of fused-ring (bicyclic) bond motifs is 1. The second-order valence-corrected chi connectivity index (χ2v) is 6.17. The number of halogens is 1. The first-order chi connectivity index (χ1) is 10.1. The van der Waals surface area contributed by atoms with Crippen molar-refractivity contribution in [2.75, 3.05) is 13.0 Å². The zero-order valence-electron chi connectivity index (χ0n) is 13.4. The molecule has 0 fully saturated rings. The zero-order chi connectivity index (χ0) is 15.4. The van der Waals surface area contributed by atoms with Gasteiger partial charge >= 0.3 is 0 Å². The molecule has 3 nitrogen and oxygen atoms in total. The van der Waals surface area contributed by atoms with Crippen molar-refractivity contribution < 1.29 is 4.74 Å². The molecular weight excluding hydrogens is 284 g/mol. The van der Waals surface area contributed by atoms with Crippen molar-refractivity contribution in [3.63, 3.8) is 0 Å². The quantitative estimate of drug-likeness (QED) is 0.685. The maximum absolute atomic E-state index is 5.95. The van der Waals surface area contributed by atoms with E-state index in [0.717, 1.165) is 29.9 Å². The Morgan fingerprint density at radius 3 is 2.71 bits per heavy atom. The van der Waals surface area contributed by atoms with E-state index in [1.807, 2.05) is 12.1 Å². The minimum atomic E-state index is 0.427. The molecule has 0 aliphatic carbocycles. The first-order valence-electron chi connectivity index (χ1n) is 7.71. The Hall–Kier alpha value is -1.22. The van der Waals surface area contributed by atoms with Crippen LogP contribution in [0.1, 0.15) is 45.5 Å². The first kappa shape index (κ1) is 16.2. The van der Waals surface area contributed by atoms with Crippen molar-refractivity contribution in [1.29, 1.82) is 0 Å². The summed E-state index contributed by atoms with van der Waals surface area (Å²) < 4.78 is 7.65. The molecule has 1 aromatic heterocycles. The fraction of sp³-hybridized carbons (Fsp3) is 0.588. The van der Waals surface area contributed by atoms with Gasteiger partial charge in [0.05, 0.1) is 18.1 Å². The summed E-state index contributed by atoms with van der Waals surface area (Å²) in [5, 5.41) is 0. The number of ether oxygens (including phenoxy) is 1. The Morgan fingerprint density at radius 2 is 2.10 bits per heavy atom. The van der Waals surface area contributed by atoms with E-state index in [4.69, 9.17) is 21.3 Å². The van der Waals surface area contributed by atoms with Crippen molar-refractivity contribution in [1.82, 2.24) is 9.55 Å². The van der Waals surface area contributed by atoms with Gasteiger partial charge in [-0.2, -0.15) is 0 Å². The molecule has 1 aromatic carbocycles. The Bertz CT molecular complexity index is 594. The van der Waals surface area contributed by atoms with Crippen LogP contribution < -0.4 is 4.74 Å². The van der Waals surface area contributed by atoms with Gasteiger partial charge in [-0.1, -0.05) is 20.3 Å². The Labute approximate surface area is 132 Å². The number of aromatic nitrogens is 2. The van der Waals surface area contributed by atoms with Gasteiger partial charge in [0, 0.05) is 24.4 Å². The summed E-state index contributed by atoms with van der Waals surface area (Å²) in [7, 11) is 1.68. The molecule has 0 N–H and O–H groups in total. The van der Waals surface area contributed by atoms with Crippen LogP contribution >= 0.6 is 11.6 Å². The van der Waals surface area contributed by atoms with Crippen LogP contribution in [0.2, 0.25) is 0 Å². The van der Waals surface area contributed by atoms with Crippen LogP contribution in [0.15, 0.2) is 18.2 Å². The summed E-state index contributed by atoms with van der Waals surface area (Å²) in [6.45, 7) is 6.82. The highest BCUT2D eigenvalue weighted by molar-refractivity contribution is 6.17. The van der Waals surface area contributed by atoms with E-state index in [0.29, 0.717) is 17.8 Å². The lowest BCUT2D eigenvalue weighted by molar-refractivity contribution is 0.397. The molecule has 2 atom stereocenters. The number of hydrogen-bond donors (Lipinski definition) is 0. The van der Waals surface area contributed by atoms with Gasteiger partial charge in [0.15, 0.2) is 0 Å². The number of benzene rings is 1. The third-order valence-corrected chi connectivity index (χ3v) is 4.36. The molecule has 0 bridgehead atoms. The predicted molar refractivity (Wildman–Crippen MR) is 89.5 cm³/mol. The fourth-order valence-corrected chi connectivity index (χ4v) is 3.03. The van der Waals surface area contributed by atoms with Gasteiger partial charge in [-0.05, 0) is 31.4 Å². The average Bonchev–Trinajstić information content (AvgIpc) is 2.84. The Kier molecular flexibility index (Phi) is 5.51. The van der Waals surface area contributed by atoms with Gasteiger partial charge in [0.2, 0.25) is 0 Å². The van der Waals surface area contributed by atoms with Gasteiger partial charge in [-0.25, -0.2) is 4.98 Å². The first-order valence-corrected chi connectivity index (χ1v) is 8.24. The molecule has 2 unspecified atom stereocenters. The van der Waals surface area contributed by atoms with Crippen LogP contribution in [-0.2, 0) is 6.42 Å². The monoisotopic (exact) mass is 308 g/mol. The number of imidazole rings is 1. The van der Waals surface area contributed by atoms with Gasteiger partial charge in [0.1, 0.15) is 11.6 Å². The van der Waals surface area contributed by atoms with E-state index in [9.17, 15) is 0 Å². The average molecular weight is 309 g/mol. The van der Waals surface area contributed by atoms with E-state index < -0.39 is 0 Å². The summed E-state index contributed by atoms with van der Waals surface area (Å²) in [6, 6.07) is 6.53. The summed E-state index contributed by atoms with van der Waals surface area (Å²) in [5.74, 6) is 3.22. The SMILES string of the molecule is CCC(C)CC(C)n1c(CCCl)nc2cc(OC)ccc21. The molecule has 0 radical (unpaired) electrons. The molecule has 2 rings (SSSR count). The highest BCUT2D eigenvalue weighted by Crippen LogP contribution is 2.29. The lowest BCUT2D eigenvalue weighted by atomic mass is 10.00. The number of hydrogen-bond acceptors (Lipinski definition) is 2. The van der Waals surface area contributed by atoms with Crippen LogP contribution in [0.4, 0.5) is 0 Å². The van der Waals surface area contributed by atoms with E-state index >= 15 is 0 Å². The molecule has 0 aliphatic rings. The van der Waals surface area contributed by atoms with Gasteiger partial charge in [-0.15, -0.1) is 11.6 Å². The summed E-state index contributed by atoms with van der Waals surface area (Å²) in [4.78, 5) is 4.76. The van der Waals surface area contributed by atoms with Crippen LogP contribution in [0.5, 0.6) is 5.75 Å². The summed E-state index contributed by atoms with van der Waals surface area (Å²) >= 11 is 5.95. The second kappa shape index (κ2) is 7.17. The molecule has 1 heterocycles. The van der Waals surface area contributed by atoms with Gasteiger partial charge < -0.3 is 9.30 Å². The number of alkyl halides is 1. The van der Waals surface area contributed by atoms with Crippen molar-refractivity contribution in [3.05, 3.63) is 24.0 Å². The fourth-order valence-electron chi connectivity index (χ4n) is 2.86. The molecule has 0 saturated heterocycles. The van der Waals surface area contributed by atoms with Crippen LogP contribution in [0.25, 0.3) is 11.0 Å². The van der Waals surface area contributed by atoms with Crippen molar-refractivity contribution in [2.24, 2.45) is 5.92 Å². The zero-order valence-corrected chi connectivity index (χ0v) is 14.2. The minimum Gasteiger partial charge on any atom is -0.497 e. The Balaban J connectivity index is 2.45. The second-order valence-electron chi connectivity index (χ2n) is 5.79. The highest BCUT2D eigenvalue weighted by atomic mass is 35.5.